The fourth-order valence-corrected chi connectivity index (χ4v) is 4.20. The van der Waals surface area contributed by atoms with Gasteiger partial charge < -0.3 is 5.32 Å². The second-order valence-electron chi connectivity index (χ2n) is 3.97. The molecule has 0 aliphatic heterocycles. The number of thiazole rings is 1. The van der Waals surface area contributed by atoms with Crippen LogP contribution in [-0.2, 0) is 12.3 Å². The van der Waals surface area contributed by atoms with E-state index in [0.29, 0.717) is 0 Å². The molecule has 15 heavy (non-hydrogen) atoms. The summed E-state index contributed by atoms with van der Waals surface area (Å²) in [7, 11) is 1.98. The Labute approximate surface area is 99.9 Å². The monoisotopic (exact) mass is 242 g/mol. The van der Waals surface area contributed by atoms with E-state index < -0.39 is 0 Å². The summed E-state index contributed by atoms with van der Waals surface area (Å²) in [6, 6.07) is 0. The number of nitrogens with one attached hydrogen (secondary N) is 1. The fourth-order valence-electron chi connectivity index (χ4n) is 1.91. The Hall–Kier alpha value is -0.0600. The Bertz CT molecular complexity index is 293. The zero-order valence-corrected chi connectivity index (χ0v) is 10.8. The Morgan fingerprint density at radius 3 is 3.07 bits per heavy atom. The summed E-state index contributed by atoms with van der Waals surface area (Å²) < 4.78 is 0. The van der Waals surface area contributed by atoms with Crippen LogP contribution in [0.2, 0.25) is 0 Å². The van der Waals surface area contributed by atoms with Gasteiger partial charge in [0.2, 0.25) is 0 Å². The molecular formula is C11H18N2S2. The fraction of sp³-hybridized carbons (Fsp3) is 0.727. The molecule has 84 valence electrons. The van der Waals surface area contributed by atoms with Crippen LogP contribution in [0.5, 0.6) is 0 Å². The van der Waals surface area contributed by atoms with E-state index in [2.05, 4.69) is 22.1 Å². The number of rotatable bonds is 5. The van der Waals surface area contributed by atoms with Crippen LogP contribution < -0.4 is 5.32 Å². The summed E-state index contributed by atoms with van der Waals surface area (Å²) in [5, 5.41) is 5.35. The first kappa shape index (κ1) is 11.4. The summed E-state index contributed by atoms with van der Waals surface area (Å²) in [5.41, 5.74) is 0. The van der Waals surface area contributed by atoms with E-state index in [4.69, 9.17) is 0 Å². The summed E-state index contributed by atoms with van der Waals surface area (Å²) >= 11 is 3.94. The Kier molecular flexibility index (Phi) is 4.47. The summed E-state index contributed by atoms with van der Waals surface area (Å²) in [6.45, 7) is 0.950. The highest BCUT2D eigenvalue weighted by Gasteiger charge is 2.15. The molecule has 1 aliphatic carbocycles. The molecule has 2 nitrogen and oxygen atoms in total. The minimum Gasteiger partial charge on any atom is -0.315 e. The molecule has 1 aliphatic rings. The summed E-state index contributed by atoms with van der Waals surface area (Å²) in [4.78, 5) is 5.80. The molecule has 2 rings (SSSR count). The van der Waals surface area contributed by atoms with Gasteiger partial charge in [-0.3, -0.25) is 0 Å². The van der Waals surface area contributed by atoms with Gasteiger partial charge in [0, 0.05) is 28.6 Å². The lowest BCUT2D eigenvalue weighted by Gasteiger charge is -2.05. The zero-order valence-electron chi connectivity index (χ0n) is 9.16. The predicted molar refractivity (Wildman–Crippen MR) is 68.4 cm³/mol. The van der Waals surface area contributed by atoms with Gasteiger partial charge in [0.15, 0.2) is 0 Å². The Morgan fingerprint density at radius 1 is 1.53 bits per heavy atom. The number of aromatic nitrogens is 1. The molecule has 0 amide bonds. The topological polar surface area (TPSA) is 24.9 Å². The Morgan fingerprint density at radius 2 is 2.33 bits per heavy atom. The molecule has 1 aromatic heterocycles. The average molecular weight is 242 g/mol. The second kappa shape index (κ2) is 5.87. The van der Waals surface area contributed by atoms with Crippen molar-refractivity contribution in [3.05, 3.63) is 16.1 Å². The molecule has 1 saturated carbocycles. The predicted octanol–water partition coefficient (Wildman–Crippen LogP) is 3.04. The van der Waals surface area contributed by atoms with Crippen molar-refractivity contribution in [1.29, 1.82) is 0 Å². The number of nitrogens with zero attached hydrogens (tertiary/aromatic N) is 1. The van der Waals surface area contributed by atoms with Crippen molar-refractivity contribution in [3.63, 3.8) is 0 Å². The second-order valence-corrected chi connectivity index (χ2v) is 6.46. The quantitative estimate of drug-likeness (QED) is 0.859. The van der Waals surface area contributed by atoms with Crippen LogP contribution in [0.4, 0.5) is 0 Å². The van der Waals surface area contributed by atoms with Crippen LogP contribution in [0.25, 0.3) is 0 Å². The molecule has 1 aromatic rings. The molecule has 0 spiro atoms. The third-order valence-corrected chi connectivity index (χ3v) is 5.26. The van der Waals surface area contributed by atoms with Crippen LogP contribution >= 0.6 is 23.1 Å². The molecule has 0 saturated heterocycles. The van der Waals surface area contributed by atoms with E-state index in [1.165, 1.54) is 35.6 Å². The molecule has 1 N–H and O–H groups in total. The minimum absolute atomic E-state index is 0.904. The third kappa shape index (κ3) is 3.47. The van der Waals surface area contributed by atoms with Gasteiger partial charge in [-0.2, -0.15) is 11.8 Å². The molecule has 4 heteroatoms. The van der Waals surface area contributed by atoms with Gasteiger partial charge in [-0.25, -0.2) is 4.98 Å². The van der Waals surface area contributed by atoms with Gasteiger partial charge in [-0.1, -0.05) is 12.8 Å². The van der Waals surface area contributed by atoms with Crippen molar-refractivity contribution in [2.24, 2.45) is 0 Å². The maximum absolute atomic E-state index is 4.45. The van der Waals surface area contributed by atoms with Gasteiger partial charge in [0.05, 0.1) is 0 Å². The van der Waals surface area contributed by atoms with Crippen molar-refractivity contribution in [1.82, 2.24) is 10.3 Å². The number of hydrogen-bond acceptors (Lipinski definition) is 4. The van der Waals surface area contributed by atoms with E-state index >= 15 is 0 Å². The van der Waals surface area contributed by atoms with Crippen molar-refractivity contribution in [2.45, 2.75) is 43.2 Å². The normalized spacial score (nSPS) is 17.4. The van der Waals surface area contributed by atoms with Crippen LogP contribution in [0.15, 0.2) is 6.20 Å². The largest absolute Gasteiger partial charge is 0.315 e. The first-order chi connectivity index (χ1) is 7.38. The molecular weight excluding hydrogens is 224 g/mol. The van der Waals surface area contributed by atoms with E-state index in [9.17, 15) is 0 Å². The van der Waals surface area contributed by atoms with Gasteiger partial charge in [-0.05, 0) is 19.9 Å². The van der Waals surface area contributed by atoms with E-state index in [-0.39, 0.29) is 0 Å². The lowest BCUT2D eigenvalue weighted by Crippen LogP contribution is -2.02. The standard InChI is InChI=1S/C11H18N2S2/c1-12-6-10-7-13-11(15-10)8-14-9-4-2-3-5-9/h7,9,12H,2-6,8H2,1H3. The highest BCUT2D eigenvalue weighted by Crippen LogP contribution is 2.32. The maximum atomic E-state index is 4.45. The van der Waals surface area contributed by atoms with Gasteiger partial charge >= 0.3 is 0 Å². The van der Waals surface area contributed by atoms with Gasteiger partial charge in [0.1, 0.15) is 5.01 Å². The van der Waals surface area contributed by atoms with Gasteiger partial charge in [0.25, 0.3) is 0 Å². The van der Waals surface area contributed by atoms with Gasteiger partial charge in [-0.15, -0.1) is 11.3 Å². The van der Waals surface area contributed by atoms with Crippen LogP contribution in [-0.4, -0.2) is 17.3 Å². The smallest absolute Gasteiger partial charge is 0.103 e. The van der Waals surface area contributed by atoms with Crippen LogP contribution in [0, 0.1) is 0 Å². The Balaban J connectivity index is 1.77. The zero-order chi connectivity index (χ0) is 10.5. The summed E-state index contributed by atoms with van der Waals surface area (Å²) in [5.74, 6) is 1.11. The molecule has 0 atom stereocenters. The third-order valence-electron chi connectivity index (χ3n) is 2.70. The summed E-state index contributed by atoms with van der Waals surface area (Å²) in [6.07, 6.45) is 7.70. The average Bonchev–Trinajstić information content (AvgIpc) is 2.85. The van der Waals surface area contributed by atoms with Crippen molar-refractivity contribution in [3.8, 4) is 0 Å². The number of hydrogen-bond donors (Lipinski definition) is 1. The SMILES string of the molecule is CNCc1cnc(CSC2CCCC2)s1. The van der Waals surface area contributed by atoms with E-state index in [0.717, 1.165) is 17.5 Å². The van der Waals surface area contributed by atoms with E-state index in [1.54, 1.807) is 0 Å². The highest BCUT2D eigenvalue weighted by atomic mass is 32.2. The number of thioether (sulfide) groups is 1. The lowest BCUT2D eigenvalue weighted by atomic mass is 10.4. The molecule has 0 aromatic carbocycles. The van der Waals surface area contributed by atoms with Crippen molar-refractivity contribution >= 4 is 23.1 Å². The van der Waals surface area contributed by atoms with Crippen LogP contribution in [0.3, 0.4) is 0 Å². The van der Waals surface area contributed by atoms with Crippen molar-refractivity contribution < 1.29 is 0 Å². The van der Waals surface area contributed by atoms with E-state index in [1.807, 2.05) is 24.6 Å². The highest BCUT2D eigenvalue weighted by molar-refractivity contribution is 7.99. The molecule has 0 bridgehead atoms. The minimum atomic E-state index is 0.904. The first-order valence-electron chi connectivity index (χ1n) is 5.58. The van der Waals surface area contributed by atoms with Crippen molar-refractivity contribution in [2.75, 3.05) is 7.05 Å². The lowest BCUT2D eigenvalue weighted by molar-refractivity contribution is 0.829. The van der Waals surface area contributed by atoms with Crippen LogP contribution in [0.1, 0.15) is 35.6 Å². The molecule has 1 heterocycles. The molecule has 0 unspecified atom stereocenters. The molecule has 1 fully saturated rings. The molecule has 0 radical (unpaired) electrons. The first-order valence-corrected chi connectivity index (χ1v) is 7.45. The maximum Gasteiger partial charge on any atom is 0.103 e.